The lowest BCUT2D eigenvalue weighted by Gasteiger charge is -2.37. The minimum absolute atomic E-state index is 0.138. The Kier molecular flexibility index (Phi) is 4.07. The van der Waals surface area contributed by atoms with Crippen LogP contribution in [-0.4, -0.2) is 34.4 Å². The molecular weight excluding hydrogens is 310 g/mol. The average Bonchev–Trinajstić information content (AvgIpc) is 2.30. The van der Waals surface area contributed by atoms with Gasteiger partial charge in [-0.15, -0.1) is 0 Å². The Morgan fingerprint density at radius 1 is 1.44 bits per heavy atom. The maximum atomic E-state index is 12.5. The van der Waals surface area contributed by atoms with E-state index in [1.165, 1.54) is 0 Å². The number of halogens is 1. The van der Waals surface area contributed by atoms with Crippen molar-refractivity contribution in [1.82, 2.24) is 4.90 Å². The third-order valence-electron chi connectivity index (χ3n) is 3.07. The monoisotopic (exact) mass is 327 g/mol. The second kappa shape index (κ2) is 5.25. The average molecular weight is 328 g/mol. The molecule has 1 heterocycles. The first-order valence-electron chi connectivity index (χ1n) is 6.08. The van der Waals surface area contributed by atoms with Crippen molar-refractivity contribution in [2.75, 3.05) is 18.8 Å². The van der Waals surface area contributed by atoms with Crippen LogP contribution in [0.3, 0.4) is 0 Å². The normalized spacial score (nSPS) is 18.8. The molecule has 0 atom stereocenters. The molecule has 4 heteroatoms. The fourth-order valence-corrected chi connectivity index (χ4v) is 3.69. The van der Waals surface area contributed by atoms with Gasteiger partial charge in [0, 0.05) is 28.1 Å². The molecular formula is C14H18BrNOS. The van der Waals surface area contributed by atoms with Gasteiger partial charge in [0.15, 0.2) is 0 Å². The van der Waals surface area contributed by atoms with Gasteiger partial charge in [0.1, 0.15) is 0 Å². The van der Waals surface area contributed by atoms with Gasteiger partial charge < -0.3 is 4.90 Å². The second-order valence-corrected chi connectivity index (χ2v) is 7.97. The molecule has 2 nitrogen and oxygen atoms in total. The van der Waals surface area contributed by atoms with E-state index in [2.05, 4.69) is 29.8 Å². The van der Waals surface area contributed by atoms with Crippen LogP contribution in [0.25, 0.3) is 0 Å². The third kappa shape index (κ3) is 3.09. The summed E-state index contributed by atoms with van der Waals surface area (Å²) in [7, 11) is 0. The van der Waals surface area contributed by atoms with Crippen LogP contribution in [0.5, 0.6) is 0 Å². The van der Waals surface area contributed by atoms with Gasteiger partial charge in [-0.2, -0.15) is 11.8 Å². The Morgan fingerprint density at radius 2 is 2.17 bits per heavy atom. The largest absolute Gasteiger partial charge is 0.336 e. The molecule has 0 aromatic heterocycles. The van der Waals surface area contributed by atoms with Crippen molar-refractivity contribution in [3.8, 4) is 0 Å². The third-order valence-corrected chi connectivity index (χ3v) is 5.05. The molecule has 1 aromatic rings. The van der Waals surface area contributed by atoms with Crippen molar-refractivity contribution in [2.45, 2.75) is 25.5 Å². The lowest BCUT2D eigenvalue weighted by molar-refractivity contribution is 0.0747. The smallest absolute Gasteiger partial charge is 0.255 e. The highest BCUT2D eigenvalue weighted by molar-refractivity contribution is 9.10. The standard InChI is InChI=1S/C14H18BrNOS/c1-10-4-5-12(15)11(8-10)13(17)16-6-7-18-14(2,3)9-16/h4-5,8H,6-7,9H2,1-3H3. The number of hydrogen-bond donors (Lipinski definition) is 0. The van der Waals surface area contributed by atoms with E-state index in [1.807, 2.05) is 41.8 Å². The highest BCUT2D eigenvalue weighted by atomic mass is 79.9. The summed E-state index contributed by atoms with van der Waals surface area (Å²) in [6.45, 7) is 8.06. The minimum atomic E-state index is 0.138. The van der Waals surface area contributed by atoms with Crippen molar-refractivity contribution in [2.24, 2.45) is 0 Å². The number of benzene rings is 1. The molecule has 1 aliphatic heterocycles. The summed E-state index contributed by atoms with van der Waals surface area (Å²) in [5.41, 5.74) is 1.89. The molecule has 1 aromatic carbocycles. The summed E-state index contributed by atoms with van der Waals surface area (Å²) < 4.78 is 1.04. The predicted molar refractivity (Wildman–Crippen MR) is 81.3 cm³/mol. The zero-order valence-electron chi connectivity index (χ0n) is 11.0. The molecule has 0 radical (unpaired) electrons. The summed E-state index contributed by atoms with van der Waals surface area (Å²) in [5.74, 6) is 1.15. The lowest BCUT2D eigenvalue weighted by atomic mass is 10.1. The van der Waals surface area contributed by atoms with Crippen LogP contribution in [0, 0.1) is 6.92 Å². The first-order chi connectivity index (χ1) is 8.39. The van der Waals surface area contributed by atoms with E-state index in [0.29, 0.717) is 0 Å². The number of amides is 1. The first kappa shape index (κ1) is 13.9. The van der Waals surface area contributed by atoms with Crippen molar-refractivity contribution >= 4 is 33.6 Å². The maximum Gasteiger partial charge on any atom is 0.255 e. The summed E-state index contributed by atoms with van der Waals surface area (Å²) in [6.07, 6.45) is 0. The minimum Gasteiger partial charge on any atom is -0.336 e. The molecule has 1 aliphatic rings. The molecule has 2 rings (SSSR count). The number of carbonyl (C=O) groups is 1. The van der Waals surface area contributed by atoms with E-state index in [4.69, 9.17) is 0 Å². The maximum absolute atomic E-state index is 12.5. The zero-order chi connectivity index (χ0) is 13.3. The van der Waals surface area contributed by atoms with Crippen LogP contribution in [0.15, 0.2) is 22.7 Å². The molecule has 0 spiro atoms. The lowest BCUT2D eigenvalue weighted by Crippen LogP contribution is -2.46. The Bertz CT molecular complexity index is 473. The fourth-order valence-electron chi connectivity index (χ4n) is 2.16. The number of aryl methyl sites for hydroxylation is 1. The van der Waals surface area contributed by atoms with Gasteiger partial charge in [0.25, 0.3) is 5.91 Å². The molecule has 1 fully saturated rings. The Morgan fingerprint density at radius 3 is 2.83 bits per heavy atom. The van der Waals surface area contributed by atoms with Crippen LogP contribution in [0.1, 0.15) is 29.8 Å². The summed E-state index contributed by atoms with van der Waals surface area (Å²) in [4.78, 5) is 14.5. The van der Waals surface area contributed by atoms with Crippen LogP contribution >= 0.6 is 27.7 Å². The van der Waals surface area contributed by atoms with Gasteiger partial charge in [0.2, 0.25) is 0 Å². The topological polar surface area (TPSA) is 20.3 Å². The van der Waals surface area contributed by atoms with E-state index in [1.54, 1.807) is 0 Å². The number of thioether (sulfide) groups is 1. The van der Waals surface area contributed by atoms with Gasteiger partial charge in [-0.3, -0.25) is 4.79 Å². The molecule has 18 heavy (non-hydrogen) atoms. The van der Waals surface area contributed by atoms with E-state index >= 15 is 0 Å². The van der Waals surface area contributed by atoms with Gasteiger partial charge in [-0.05, 0) is 48.8 Å². The number of rotatable bonds is 1. The predicted octanol–water partition coefficient (Wildman–Crippen LogP) is 3.73. The Hall–Kier alpha value is -0.480. The summed E-state index contributed by atoms with van der Waals surface area (Å²) >= 11 is 5.41. The zero-order valence-corrected chi connectivity index (χ0v) is 13.4. The summed E-state index contributed by atoms with van der Waals surface area (Å²) in [6, 6.07) is 5.92. The Labute approximate surface area is 121 Å². The van der Waals surface area contributed by atoms with E-state index < -0.39 is 0 Å². The molecule has 0 N–H and O–H groups in total. The SMILES string of the molecule is Cc1ccc(Br)c(C(=O)N2CCSC(C)(C)C2)c1. The fraction of sp³-hybridized carbons (Fsp3) is 0.500. The van der Waals surface area contributed by atoms with Crippen LogP contribution < -0.4 is 0 Å². The number of nitrogens with zero attached hydrogens (tertiary/aromatic N) is 1. The highest BCUT2D eigenvalue weighted by Gasteiger charge is 2.30. The molecule has 1 amide bonds. The molecule has 0 saturated carbocycles. The van der Waals surface area contributed by atoms with Gasteiger partial charge >= 0.3 is 0 Å². The van der Waals surface area contributed by atoms with Gasteiger partial charge in [0.05, 0.1) is 5.56 Å². The molecule has 0 unspecified atom stereocenters. The van der Waals surface area contributed by atoms with Crippen molar-refractivity contribution in [1.29, 1.82) is 0 Å². The van der Waals surface area contributed by atoms with Crippen LogP contribution in [0.4, 0.5) is 0 Å². The quantitative estimate of drug-likeness (QED) is 0.783. The van der Waals surface area contributed by atoms with Crippen molar-refractivity contribution in [3.63, 3.8) is 0 Å². The summed E-state index contributed by atoms with van der Waals surface area (Å²) in [5, 5.41) is 0. The number of carbonyl (C=O) groups excluding carboxylic acids is 1. The molecule has 0 bridgehead atoms. The van der Waals surface area contributed by atoms with Crippen LogP contribution in [0.2, 0.25) is 0 Å². The van der Waals surface area contributed by atoms with E-state index in [9.17, 15) is 4.79 Å². The van der Waals surface area contributed by atoms with Crippen molar-refractivity contribution in [3.05, 3.63) is 33.8 Å². The Balaban J connectivity index is 2.23. The van der Waals surface area contributed by atoms with Gasteiger partial charge in [-0.1, -0.05) is 11.6 Å². The molecule has 1 saturated heterocycles. The molecule has 98 valence electrons. The van der Waals surface area contributed by atoms with E-state index in [0.717, 1.165) is 34.4 Å². The first-order valence-corrected chi connectivity index (χ1v) is 7.86. The highest BCUT2D eigenvalue weighted by Crippen LogP contribution is 2.31. The number of hydrogen-bond acceptors (Lipinski definition) is 2. The second-order valence-electron chi connectivity index (χ2n) is 5.32. The molecule has 0 aliphatic carbocycles. The van der Waals surface area contributed by atoms with Crippen molar-refractivity contribution < 1.29 is 4.79 Å². The van der Waals surface area contributed by atoms with Gasteiger partial charge in [-0.25, -0.2) is 0 Å². The van der Waals surface area contributed by atoms with Crippen LogP contribution in [-0.2, 0) is 0 Å². The van der Waals surface area contributed by atoms with E-state index in [-0.39, 0.29) is 10.7 Å².